The maximum Gasteiger partial charge on any atom is 0.315 e. The molecule has 2 amide bonds. The molecule has 0 radical (unpaired) electrons. The lowest BCUT2D eigenvalue weighted by molar-refractivity contribution is 0.238. The number of carbonyl (C=O) groups excluding carboxylic acids is 1. The number of carbonyl (C=O) groups is 1. The van der Waals surface area contributed by atoms with Crippen LogP contribution in [0.15, 0.2) is 79.0 Å². The monoisotopic (exact) mass is 345 g/mol. The summed E-state index contributed by atoms with van der Waals surface area (Å²) in [7, 11) is 0. The maximum atomic E-state index is 12.4. The quantitative estimate of drug-likeness (QED) is 0.709. The van der Waals surface area contributed by atoms with Crippen molar-refractivity contribution in [3.63, 3.8) is 0 Å². The summed E-state index contributed by atoms with van der Waals surface area (Å²) in [5.41, 5.74) is 4.30. The SMILES string of the molecule is Cc1ccccc1CCNC(=O)NC(c1ccccc1)c1ccccn1. The second-order valence-electron chi connectivity index (χ2n) is 6.18. The van der Waals surface area contributed by atoms with Gasteiger partial charge < -0.3 is 10.6 Å². The first-order valence-electron chi connectivity index (χ1n) is 8.79. The minimum atomic E-state index is -0.282. The van der Waals surface area contributed by atoms with Crippen LogP contribution in [0, 0.1) is 6.92 Å². The molecular formula is C22H23N3O. The molecule has 0 aliphatic rings. The van der Waals surface area contributed by atoms with Crippen LogP contribution < -0.4 is 10.6 Å². The van der Waals surface area contributed by atoms with Crippen LogP contribution in [-0.4, -0.2) is 17.6 Å². The van der Waals surface area contributed by atoms with E-state index in [0.29, 0.717) is 6.54 Å². The van der Waals surface area contributed by atoms with Gasteiger partial charge in [0.2, 0.25) is 0 Å². The van der Waals surface area contributed by atoms with Gasteiger partial charge in [0.05, 0.1) is 11.7 Å². The summed E-state index contributed by atoms with van der Waals surface area (Å²) in [5, 5.41) is 5.99. The van der Waals surface area contributed by atoms with Gasteiger partial charge in [0, 0.05) is 12.7 Å². The Balaban J connectivity index is 1.63. The maximum absolute atomic E-state index is 12.4. The Morgan fingerprint density at radius 3 is 2.42 bits per heavy atom. The van der Waals surface area contributed by atoms with Crippen molar-refractivity contribution in [1.29, 1.82) is 0 Å². The van der Waals surface area contributed by atoms with Gasteiger partial charge in [0.25, 0.3) is 0 Å². The molecular weight excluding hydrogens is 322 g/mol. The fourth-order valence-corrected chi connectivity index (χ4v) is 2.90. The number of benzene rings is 2. The number of aryl methyl sites for hydroxylation is 1. The largest absolute Gasteiger partial charge is 0.338 e. The second kappa shape index (κ2) is 8.81. The number of hydrogen-bond acceptors (Lipinski definition) is 2. The molecule has 4 heteroatoms. The van der Waals surface area contributed by atoms with Crippen molar-refractivity contribution in [3.05, 3.63) is 101 Å². The molecule has 0 saturated carbocycles. The molecule has 0 aliphatic carbocycles. The van der Waals surface area contributed by atoms with Crippen molar-refractivity contribution < 1.29 is 4.79 Å². The van der Waals surface area contributed by atoms with Crippen LogP contribution in [0.5, 0.6) is 0 Å². The molecule has 0 spiro atoms. The van der Waals surface area contributed by atoms with Crippen molar-refractivity contribution in [2.45, 2.75) is 19.4 Å². The molecule has 3 aromatic rings. The van der Waals surface area contributed by atoms with Crippen molar-refractivity contribution in [1.82, 2.24) is 15.6 Å². The zero-order valence-electron chi connectivity index (χ0n) is 14.9. The van der Waals surface area contributed by atoms with Gasteiger partial charge in [-0.3, -0.25) is 4.98 Å². The van der Waals surface area contributed by atoms with E-state index < -0.39 is 0 Å². The van der Waals surface area contributed by atoms with E-state index in [2.05, 4.69) is 34.7 Å². The fraction of sp³-hybridized carbons (Fsp3) is 0.182. The first-order chi connectivity index (χ1) is 12.7. The molecule has 4 nitrogen and oxygen atoms in total. The Bertz CT molecular complexity index is 795. The predicted molar refractivity (Wildman–Crippen MR) is 104 cm³/mol. The summed E-state index contributed by atoms with van der Waals surface area (Å²) < 4.78 is 0. The van der Waals surface area contributed by atoms with E-state index in [-0.39, 0.29) is 12.1 Å². The summed E-state index contributed by atoms with van der Waals surface area (Å²) in [4.78, 5) is 16.8. The number of pyridine rings is 1. The van der Waals surface area contributed by atoms with Gasteiger partial charge in [0.15, 0.2) is 0 Å². The molecule has 0 aliphatic heterocycles. The van der Waals surface area contributed by atoms with Crippen LogP contribution in [0.1, 0.15) is 28.4 Å². The molecule has 1 unspecified atom stereocenters. The molecule has 0 fully saturated rings. The third-order valence-electron chi connectivity index (χ3n) is 4.33. The van der Waals surface area contributed by atoms with Crippen molar-refractivity contribution in [3.8, 4) is 0 Å². The summed E-state index contributed by atoms with van der Waals surface area (Å²) in [6.07, 6.45) is 2.54. The molecule has 1 atom stereocenters. The zero-order chi connectivity index (χ0) is 18.2. The number of rotatable bonds is 6. The molecule has 132 valence electrons. The van der Waals surface area contributed by atoms with Crippen LogP contribution in [-0.2, 0) is 6.42 Å². The van der Waals surface area contributed by atoms with E-state index in [0.717, 1.165) is 17.7 Å². The van der Waals surface area contributed by atoms with Gasteiger partial charge in [0.1, 0.15) is 0 Å². The van der Waals surface area contributed by atoms with Gasteiger partial charge in [-0.05, 0) is 42.2 Å². The van der Waals surface area contributed by atoms with E-state index in [1.165, 1.54) is 11.1 Å². The second-order valence-corrected chi connectivity index (χ2v) is 6.18. The Kier molecular flexibility index (Phi) is 5.99. The summed E-state index contributed by atoms with van der Waals surface area (Å²) in [5.74, 6) is 0. The Hall–Kier alpha value is -3.14. The lowest BCUT2D eigenvalue weighted by atomic mass is 10.0. The van der Waals surface area contributed by atoms with Crippen molar-refractivity contribution in [2.75, 3.05) is 6.54 Å². The zero-order valence-corrected chi connectivity index (χ0v) is 14.9. The number of nitrogens with one attached hydrogen (secondary N) is 2. The number of hydrogen-bond donors (Lipinski definition) is 2. The van der Waals surface area contributed by atoms with Crippen LogP contribution in [0.25, 0.3) is 0 Å². The third-order valence-corrected chi connectivity index (χ3v) is 4.33. The average Bonchev–Trinajstić information content (AvgIpc) is 2.69. The van der Waals surface area contributed by atoms with Crippen LogP contribution in [0.4, 0.5) is 4.79 Å². The summed E-state index contributed by atoms with van der Waals surface area (Å²) in [6, 6.07) is 23.3. The average molecular weight is 345 g/mol. The molecule has 26 heavy (non-hydrogen) atoms. The van der Waals surface area contributed by atoms with Gasteiger partial charge in [-0.25, -0.2) is 4.79 Å². The highest BCUT2D eigenvalue weighted by Gasteiger charge is 2.17. The first kappa shape index (κ1) is 17.7. The van der Waals surface area contributed by atoms with E-state index in [1.54, 1.807) is 6.20 Å². The van der Waals surface area contributed by atoms with Gasteiger partial charge in [-0.2, -0.15) is 0 Å². The van der Waals surface area contributed by atoms with E-state index in [1.807, 2.05) is 60.7 Å². The first-order valence-corrected chi connectivity index (χ1v) is 8.79. The summed E-state index contributed by atoms with van der Waals surface area (Å²) >= 11 is 0. The van der Waals surface area contributed by atoms with Gasteiger partial charge in [-0.15, -0.1) is 0 Å². The molecule has 3 rings (SSSR count). The molecule has 2 aromatic carbocycles. The molecule has 2 N–H and O–H groups in total. The number of aromatic nitrogens is 1. The lowest BCUT2D eigenvalue weighted by Crippen LogP contribution is -2.39. The number of nitrogens with zero attached hydrogens (tertiary/aromatic N) is 1. The highest BCUT2D eigenvalue weighted by atomic mass is 16.2. The Morgan fingerprint density at radius 2 is 1.69 bits per heavy atom. The highest BCUT2D eigenvalue weighted by molar-refractivity contribution is 5.75. The predicted octanol–water partition coefficient (Wildman–Crippen LogP) is 4.02. The summed E-state index contributed by atoms with van der Waals surface area (Å²) in [6.45, 7) is 2.67. The topological polar surface area (TPSA) is 54.0 Å². The van der Waals surface area contributed by atoms with E-state index >= 15 is 0 Å². The standard InChI is InChI=1S/C22H23N3O/c1-17-9-5-6-10-18(17)14-16-24-22(26)25-21(19-11-3-2-4-12-19)20-13-7-8-15-23-20/h2-13,15,21H,14,16H2,1H3,(H2,24,25,26). The molecule has 0 bridgehead atoms. The lowest BCUT2D eigenvalue weighted by Gasteiger charge is -2.19. The minimum Gasteiger partial charge on any atom is -0.338 e. The highest BCUT2D eigenvalue weighted by Crippen LogP contribution is 2.19. The van der Waals surface area contributed by atoms with Crippen LogP contribution >= 0.6 is 0 Å². The third kappa shape index (κ3) is 4.70. The normalized spacial score (nSPS) is 11.6. The molecule has 0 saturated heterocycles. The van der Waals surface area contributed by atoms with E-state index in [9.17, 15) is 4.79 Å². The fourth-order valence-electron chi connectivity index (χ4n) is 2.90. The van der Waals surface area contributed by atoms with Gasteiger partial charge >= 0.3 is 6.03 Å². The Morgan fingerprint density at radius 1 is 0.962 bits per heavy atom. The Labute approximate surface area is 154 Å². The smallest absolute Gasteiger partial charge is 0.315 e. The van der Waals surface area contributed by atoms with Crippen LogP contribution in [0.3, 0.4) is 0 Å². The molecule has 1 heterocycles. The van der Waals surface area contributed by atoms with Crippen molar-refractivity contribution >= 4 is 6.03 Å². The van der Waals surface area contributed by atoms with Crippen molar-refractivity contribution in [2.24, 2.45) is 0 Å². The number of amides is 2. The number of urea groups is 1. The van der Waals surface area contributed by atoms with E-state index in [4.69, 9.17) is 0 Å². The molecule has 1 aromatic heterocycles. The minimum absolute atomic E-state index is 0.196. The van der Waals surface area contributed by atoms with Gasteiger partial charge in [-0.1, -0.05) is 60.7 Å². The van der Waals surface area contributed by atoms with Crippen LogP contribution in [0.2, 0.25) is 0 Å².